The highest BCUT2D eigenvalue weighted by atomic mass is 16.5. The van der Waals surface area contributed by atoms with E-state index in [4.69, 9.17) is 10.00 Å². The predicted molar refractivity (Wildman–Crippen MR) is 70.6 cm³/mol. The maximum atomic E-state index is 11.3. The van der Waals surface area contributed by atoms with Crippen molar-refractivity contribution in [3.8, 4) is 11.8 Å². The van der Waals surface area contributed by atoms with Gasteiger partial charge in [-0.3, -0.25) is 4.98 Å². The van der Waals surface area contributed by atoms with Crippen molar-refractivity contribution in [2.75, 3.05) is 19.1 Å². The van der Waals surface area contributed by atoms with Gasteiger partial charge in [0.1, 0.15) is 23.3 Å². The number of aromatic nitrogens is 2. The van der Waals surface area contributed by atoms with Crippen molar-refractivity contribution < 1.29 is 4.74 Å². The number of rotatable bonds is 3. The van der Waals surface area contributed by atoms with Gasteiger partial charge in [-0.2, -0.15) is 10.2 Å². The molecule has 0 aliphatic carbocycles. The summed E-state index contributed by atoms with van der Waals surface area (Å²) in [6.45, 7) is 0. The molecule has 6 nitrogen and oxygen atoms in total. The first kappa shape index (κ1) is 12.6. The smallest absolute Gasteiger partial charge is 0.347 e. The predicted octanol–water partition coefficient (Wildman–Crippen LogP) is 1.42. The molecule has 1 aromatic heterocycles. The molecule has 0 radical (unpaired) electrons. The zero-order valence-corrected chi connectivity index (χ0v) is 10.5. The van der Waals surface area contributed by atoms with Gasteiger partial charge in [0.15, 0.2) is 0 Å². The molecule has 2 aromatic rings. The maximum Gasteiger partial charge on any atom is 0.347 e. The zero-order chi connectivity index (χ0) is 13.8. The second-order valence-corrected chi connectivity index (χ2v) is 3.83. The summed E-state index contributed by atoms with van der Waals surface area (Å²) < 4.78 is 5.08. The van der Waals surface area contributed by atoms with Crippen molar-refractivity contribution in [1.82, 2.24) is 9.97 Å². The number of ether oxygens (including phenoxy) is 1. The number of hydrogen-bond acceptors (Lipinski definition) is 5. The molecule has 0 spiro atoms. The number of anilines is 2. The van der Waals surface area contributed by atoms with Gasteiger partial charge >= 0.3 is 5.69 Å². The maximum absolute atomic E-state index is 11.3. The Bertz CT molecular complexity index is 670. The quantitative estimate of drug-likeness (QED) is 0.898. The fraction of sp³-hybridized carbons (Fsp3) is 0.154. The second-order valence-electron chi connectivity index (χ2n) is 3.83. The van der Waals surface area contributed by atoms with E-state index in [0.29, 0.717) is 5.82 Å². The lowest BCUT2D eigenvalue weighted by atomic mass is 10.2. The molecular weight excluding hydrogens is 244 g/mol. The third-order valence-electron chi connectivity index (χ3n) is 2.65. The van der Waals surface area contributed by atoms with E-state index in [9.17, 15) is 4.79 Å². The Labute approximate surface area is 109 Å². The highest BCUT2D eigenvalue weighted by Gasteiger charge is 2.08. The van der Waals surface area contributed by atoms with E-state index in [0.717, 1.165) is 11.4 Å². The number of hydrogen-bond donors (Lipinski definition) is 1. The van der Waals surface area contributed by atoms with Crippen LogP contribution >= 0.6 is 0 Å². The monoisotopic (exact) mass is 256 g/mol. The molecule has 0 amide bonds. The van der Waals surface area contributed by atoms with Gasteiger partial charge < -0.3 is 9.64 Å². The Balaban J connectivity index is 2.38. The van der Waals surface area contributed by atoms with Crippen molar-refractivity contribution in [1.29, 1.82) is 5.26 Å². The number of nitrogens with one attached hydrogen (secondary N) is 1. The van der Waals surface area contributed by atoms with Crippen LogP contribution < -0.4 is 15.3 Å². The lowest BCUT2D eigenvalue weighted by Crippen LogP contribution is -2.19. The molecule has 1 aromatic carbocycles. The van der Waals surface area contributed by atoms with Crippen LogP contribution in [0, 0.1) is 11.3 Å². The van der Waals surface area contributed by atoms with Crippen LogP contribution in [0.25, 0.3) is 0 Å². The standard InChI is InChI=1S/C13H12N4O2/c1-17(10-3-5-11(19-2)6-4-10)12-7-9(8-14)15-13(18)16-12/h3-7H,1-2H3,(H,15,16,18). The molecule has 0 saturated heterocycles. The van der Waals surface area contributed by atoms with Crippen molar-refractivity contribution in [2.45, 2.75) is 0 Å². The Morgan fingerprint density at radius 1 is 1.37 bits per heavy atom. The van der Waals surface area contributed by atoms with Crippen LogP contribution in [0.1, 0.15) is 5.69 Å². The topological polar surface area (TPSA) is 82.0 Å². The number of aromatic amines is 1. The first-order chi connectivity index (χ1) is 9.13. The SMILES string of the molecule is COc1ccc(N(C)c2cc(C#N)[nH]c(=O)n2)cc1. The van der Waals surface area contributed by atoms with Gasteiger partial charge in [-0.25, -0.2) is 4.79 Å². The van der Waals surface area contributed by atoms with Crippen LogP contribution in [0.2, 0.25) is 0 Å². The highest BCUT2D eigenvalue weighted by molar-refractivity contribution is 5.60. The van der Waals surface area contributed by atoms with Crippen molar-refractivity contribution >= 4 is 11.5 Å². The van der Waals surface area contributed by atoms with Crippen LogP contribution in [0.3, 0.4) is 0 Å². The molecule has 0 fully saturated rings. The first-order valence-electron chi connectivity index (χ1n) is 5.53. The lowest BCUT2D eigenvalue weighted by molar-refractivity contribution is 0.415. The number of benzene rings is 1. The van der Waals surface area contributed by atoms with E-state index in [1.807, 2.05) is 30.3 Å². The summed E-state index contributed by atoms with van der Waals surface area (Å²) in [4.78, 5) is 19.2. The molecule has 2 rings (SSSR count). The van der Waals surface area contributed by atoms with Gasteiger partial charge in [-0.1, -0.05) is 0 Å². The van der Waals surface area contributed by atoms with Gasteiger partial charge in [0.2, 0.25) is 0 Å². The van der Waals surface area contributed by atoms with Gasteiger partial charge in [0.05, 0.1) is 7.11 Å². The number of methoxy groups -OCH3 is 1. The Morgan fingerprint density at radius 3 is 2.63 bits per heavy atom. The summed E-state index contributed by atoms with van der Waals surface area (Å²) in [7, 11) is 3.36. The fourth-order valence-corrected chi connectivity index (χ4v) is 1.61. The number of nitriles is 1. The van der Waals surface area contributed by atoms with Gasteiger partial charge in [-0.15, -0.1) is 0 Å². The first-order valence-corrected chi connectivity index (χ1v) is 5.53. The molecule has 0 aliphatic heterocycles. The zero-order valence-electron chi connectivity index (χ0n) is 10.5. The summed E-state index contributed by atoms with van der Waals surface area (Å²) in [6.07, 6.45) is 0. The molecule has 0 aliphatic rings. The molecule has 19 heavy (non-hydrogen) atoms. The van der Waals surface area contributed by atoms with Crippen molar-refractivity contribution in [3.63, 3.8) is 0 Å². The van der Waals surface area contributed by atoms with Crippen LogP contribution in [-0.2, 0) is 0 Å². The summed E-state index contributed by atoms with van der Waals surface area (Å²) in [6, 6.07) is 10.7. The van der Waals surface area contributed by atoms with Crippen molar-refractivity contribution in [2.24, 2.45) is 0 Å². The van der Waals surface area contributed by atoms with E-state index in [1.54, 1.807) is 19.1 Å². The average Bonchev–Trinajstić information content (AvgIpc) is 2.46. The molecular formula is C13H12N4O2. The van der Waals surface area contributed by atoms with E-state index in [-0.39, 0.29) is 5.69 Å². The molecule has 0 bridgehead atoms. The van der Waals surface area contributed by atoms with Crippen LogP contribution in [-0.4, -0.2) is 24.1 Å². The van der Waals surface area contributed by atoms with Gasteiger partial charge in [-0.05, 0) is 24.3 Å². The number of nitrogens with zero attached hydrogens (tertiary/aromatic N) is 3. The van der Waals surface area contributed by atoms with Crippen LogP contribution in [0.5, 0.6) is 5.75 Å². The lowest BCUT2D eigenvalue weighted by Gasteiger charge is -2.18. The minimum absolute atomic E-state index is 0.176. The molecule has 0 atom stereocenters. The largest absolute Gasteiger partial charge is 0.497 e. The highest BCUT2D eigenvalue weighted by Crippen LogP contribution is 2.23. The summed E-state index contributed by atoms with van der Waals surface area (Å²) >= 11 is 0. The molecule has 6 heteroatoms. The Hall–Kier alpha value is -2.81. The van der Waals surface area contributed by atoms with Gasteiger partial charge in [0.25, 0.3) is 0 Å². The van der Waals surface area contributed by atoms with Crippen LogP contribution in [0.4, 0.5) is 11.5 Å². The third kappa shape index (κ3) is 2.72. The third-order valence-corrected chi connectivity index (χ3v) is 2.65. The average molecular weight is 256 g/mol. The molecule has 0 saturated carbocycles. The molecule has 1 N–H and O–H groups in total. The van der Waals surface area contributed by atoms with E-state index in [2.05, 4.69) is 9.97 Å². The van der Waals surface area contributed by atoms with E-state index >= 15 is 0 Å². The summed E-state index contributed by atoms with van der Waals surface area (Å²) in [5, 5.41) is 8.82. The normalized spacial score (nSPS) is 9.74. The minimum atomic E-state index is -0.547. The number of H-pyrrole nitrogens is 1. The summed E-state index contributed by atoms with van der Waals surface area (Å²) in [5.74, 6) is 1.15. The molecule has 1 heterocycles. The Kier molecular flexibility index (Phi) is 3.48. The fourth-order valence-electron chi connectivity index (χ4n) is 1.61. The summed E-state index contributed by atoms with van der Waals surface area (Å²) in [5.41, 5.74) is 0.465. The minimum Gasteiger partial charge on any atom is -0.497 e. The van der Waals surface area contributed by atoms with E-state index < -0.39 is 5.69 Å². The van der Waals surface area contributed by atoms with Crippen LogP contribution in [0.15, 0.2) is 35.1 Å². The Morgan fingerprint density at radius 2 is 2.05 bits per heavy atom. The molecule has 0 unspecified atom stereocenters. The van der Waals surface area contributed by atoms with Crippen molar-refractivity contribution in [3.05, 3.63) is 46.5 Å². The van der Waals surface area contributed by atoms with E-state index in [1.165, 1.54) is 6.07 Å². The second kappa shape index (κ2) is 5.23. The molecule has 96 valence electrons. The van der Waals surface area contributed by atoms with Gasteiger partial charge in [0, 0.05) is 18.8 Å².